The Labute approximate surface area is 71.6 Å². The van der Waals surface area contributed by atoms with Crippen LogP contribution >= 0.6 is 11.6 Å². The largest absolute Gasteiger partial charge is 0.344 e. The van der Waals surface area contributed by atoms with Gasteiger partial charge in [-0.25, -0.2) is 0 Å². The van der Waals surface area contributed by atoms with E-state index in [9.17, 15) is 0 Å². The first kappa shape index (κ1) is 11.2. The second-order valence-corrected chi connectivity index (χ2v) is 3.01. The molecule has 3 N–H and O–H groups in total. The molecular formula is C7H15ClO3. The second kappa shape index (κ2) is 5.77. The van der Waals surface area contributed by atoms with Gasteiger partial charge in [0.2, 0.25) is 0 Å². The highest BCUT2D eigenvalue weighted by Gasteiger charge is 2.16. The Morgan fingerprint density at radius 2 is 1.45 bits per heavy atom. The number of halogens is 1. The molecule has 0 spiro atoms. The van der Waals surface area contributed by atoms with Crippen LogP contribution in [0.25, 0.3) is 0 Å². The third kappa shape index (κ3) is 10.2. The first-order chi connectivity index (χ1) is 5.06. The molecule has 0 radical (unpaired) electrons. The minimum absolute atomic E-state index is 0.00921. The van der Waals surface area contributed by atoms with Gasteiger partial charge in [-0.2, -0.15) is 0 Å². The summed E-state index contributed by atoms with van der Waals surface area (Å²) in [5.74, 6) is -1.84. The topological polar surface area (TPSA) is 60.7 Å². The lowest BCUT2D eigenvalue weighted by molar-refractivity contribution is -0.315. The van der Waals surface area contributed by atoms with Gasteiger partial charge in [-0.05, 0) is 12.8 Å². The zero-order valence-electron chi connectivity index (χ0n) is 6.46. The number of unbranched alkanes of at least 4 members (excludes halogenated alkanes) is 3. The fourth-order valence-corrected chi connectivity index (χ4v) is 0.999. The van der Waals surface area contributed by atoms with Crippen LogP contribution in [0.15, 0.2) is 0 Å². The summed E-state index contributed by atoms with van der Waals surface area (Å²) in [7, 11) is 0. The summed E-state index contributed by atoms with van der Waals surface area (Å²) in [4.78, 5) is 0. The molecule has 0 saturated heterocycles. The molecule has 0 bridgehead atoms. The van der Waals surface area contributed by atoms with Gasteiger partial charge in [-0.15, -0.1) is 11.6 Å². The maximum absolute atomic E-state index is 8.46. The average Bonchev–Trinajstić information content (AvgIpc) is 1.85. The van der Waals surface area contributed by atoms with Crippen molar-refractivity contribution >= 4 is 11.6 Å². The third-order valence-electron chi connectivity index (χ3n) is 1.40. The molecule has 0 aliphatic rings. The van der Waals surface area contributed by atoms with Crippen molar-refractivity contribution < 1.29 is 15.3 Å². The molecule has 4 heteroatoms. The predicted octanol–water partition coefficient (Wildman–Crippen LogP) is 0.806. The van der Waals surface area contributed by atoms with Crippen LogP contribution in [0.4, 0.5) is 0 Å². The van der Waals surface area contributed by atoms with E-state index in [1.807, 2.05) is 0 Å². The fraction of sp³-hybridized carbons (Fsp3) is 1.00. The van der Waals surface area contributed by atoms with Gasteiger partial charge < -0.3 is 15.3 Å². The molecule has 0 aliphatic carbocycles. The first-order valence-corrected chi connectivity index (χ1v) is 4.33. The van der Waals surface area contributed by atoms with Crippen molar-refractivity contribution in [2.24, 2.45) is 0 Å². The summed E-state index contributed by atoms with van der Waals surface area (Å²) >= 11 is 5.42. The van der Waals surface area contributed by atoms with E-state index in [0.29, 0.717) is 12.3 Å². The molecule has 11 heavy (non-hydrogen) atoms. The lowest BCUT2D eigenvalue weighted by Gasteiger charge is -2.12. The number of aliphatic hydroxyl groups is 3. The molecular weight excluding hydrogens is 168 g/mol. The van der Waals surface area contributed by atoms with Crippen LogP contribution in [0.2, 0.25) is 0 Å². The molecule has 0 rings (SSSR count). The minimum Gasteiger partial charge on any atom is -0.344 e. The Hall–Kier alpha value is 0.170. The van der Waals surface area contributed by atoms with Crippen LogP contribution < -0.4 is 0 Å². The van der Waals surface area contributed by atoms with E-state index in [1.54, 1.807) is 0 Å². The number of hydrogen-bond acceptors (Lipinski definition) is 3. The second-order valence-electron chi connectivity index (χ2n) is 2.63. The van der Waals surface area contributed by atoms with Crippen molar-refractivity contribution in [2.45, 2.75) is 38.1 Å². The summed E-state index contributed by atoms with van der Waals surface area (Å²) < 4.78 is 0. The molecule has 3 nitrogen and oxygen atoms in total. The molecule has 0 heterocycles. The molecule has 0 unspecified atom stereocenters. The quantitative estimate of drug-likeness (QED) is 0.324. The number of alkyl halides is 1. The van der Waals surface area contributed by atoms with Crippen LogP contribution in [-0.4, -0.2) is 27.2 Å². The van der Waals surface area contributed by atoms with Gasteiger partial charge in [0.1, 0.15) is 0 Å². The van der Waals surface area contributed by atoms with E-state index in [2.05, 4.69) is 0 Å². The standard InChI is InChI=1S/C7H15ClO3/c8-6-4-2-1-3-5-7(9,10)11/h9-11H,1-6H2. The van der Waals surface area contributed by atoms with Gasteiger partial charge in [0.15, 0.2) is 0 Å². The molecule has 0 aromatic carbocycles. The number of hydrogen-bond donors (Lipinski definition) is 3. The van der Waals surface area contributed by atoms with E-state index < -0.39 is 5.97 Å². The minimum atomic E-state index is -2.49. The first-order valence-electron chi connectivity index (χ1n) is 3.79. The summed E-state index contributed by atoms with van der Waals surface area (Å²) in [5, 5.41) is 25.4. The van der Waals surface area contributed by atoms with E-state index in [1.165, 1.54) is 0 Å². The zero-order valence-corrected chi connectivity index (χ0v) is 7.22. The van der Waals surface area contributed by atoms with Crippen molar-refractivity contribution in [1.29, 1.82) is 0 Å². The van der Waals surface area contributed by atoms with E-state index in [4.69, 9.17) is 26.9 Å². The van der Waals surface area contributed by atoms with Crippen LogP contribution in [0, 0.1) is 0 Å². The zero-order chi connectivity index (χ0) is 8.74. The lowest BCUT2D eigenvalue weighted by atomic mass is 10.1. The van der Waals surface area contributed by atoms with Crippen LogP contribution in [0.1, 0.15) is 32.1 Å². The molecule has 0 aromatic rings. The molecule has 0 saturated carbocycles. The predicted molar refractivity (Wildman–Crippen MR) is 43.2 cm³/mol. The van der Waals surface area contributed by atoms with Gasteiger partial charge in [0.05, 0.1) is 0 Å². The highest BCUT2D eigenvalue weighted by Crippen LogP contribution is 2.09. The van der Waals surface area contributed by atoms with Gasteiger partial charge in [0.25, 0.3) is 5.97 Å². The SMILES string of the molecule is OC(O)(O)CCCCCCCl. The van der Waals surface area contributed by atoms with Crippen molar-refractivity contribution in [1.82, 2.24) is 0 Å². The van der Waals surface area contributed by atoms with Crippen LogP contribution in [-0.2, 0) is 0 Å². The van der Waals surface area contributed by atoms with Crippen molar-refractivity contribution in [2.75, 3.05) is 5.88 Å². The van der Waals surface area contributed by atoms with Gasteiger partial charge >= 0.3 is 0 Å². The maximum Gasteiger partial charge on any atom is 0.275 e. The number of rotatable bonds is 6. The monoisotopic (exact) mass is 182 g/mol. The Morgan fingerprint density at radius 1 is 0.909 bits per heavy atom. The molecule has 0 aliphatic heterocycles. The van der Waals surface area contributed by atoms with Gasteiger partial charge in [-0.1, -0.05) is 12.8 Å². The van der Waals surface area contributed by atoms with Crippen molar-refractivity contribution in [3.63, 3.8) is 0 Å². The van der Waals surface area contributed by atoms with Crippen molar-refractivity contribution in [3.05, 3.63) is 0 Å². The van der Waals surface area contributed by atoms with Crippen LogP contribution in [0.3, 0.4) is 0 Å². The lowest BCUT2D eigenvalue weighted by Crippen LogP contribution is -2.26. The normalized spacial score (nSPS) is 12.0. The van der Waals surface area contributed by atoms with Gasteiger partial charge in [-0.3, -0.25) is 0 Å². The van der Waals surface area contributed by atoms with E-state index in [0.717, 1.165) is 19.3 Å². The smallest absolute Gasteiger partial charge is 0.275 e. The van der Waals surface area contributed by atoms with Crippen LogP contribution in [0.5, 0.6) is 0 Å². The Morgan fingerprint density at radius 3 is 1.91 bits per heavy atom. The summed E-state index contributed by atoms with van der Waals surface area (Å²) in [6.07, 6.45) is 3.41. The molecule has 0 fully saturated rings. The van der Waals surface area contributed by atoms with Crippen molar-refractivity contribution in [3.8, 4) is 0 Å². The molecule has 68 valence electrons. The highest BCUT2D eigenvalue weighted by atomic mass is 35.5. The summed E-state index contributed by atoms with van der Waals surface area (Å²) in [6, 6.07) is 0. The summed E-state index contributed by atoms with van der Waals surface area (Å²) in [5.41, 5.74) is 0. The van der Waals surface area contributed by atoms with Gasteiger partial charge in [0, 0.05) is 12.3 Å². The third-order valence-corrected chi connectivity index (χ3v) is 1.66. The highest BCUT2D eigenvalue weighted by molar-refractivity contribution is 6.17. The maximum atomic E-state index is 8.46. The van der Waals surface area contributed by atoms with E-state index in [-0.39, 0.29) is 6.42 Å². The summed E-state index contributed by atoms with van der Waals surface area (Å²) in [6.45, 7) is 0. The molecule has 0 atom stereocenters. The Bertz CT molecular complexity index is 90.2. The van der Waals surface area contributed by atoms with E-state index >= 15 is 0 Å². The molecule has 0 aromatic heterocycles. The average molecular weight is 183 g/mol. The fourth-order valence-electron chi connectivity index (χ4n) is 0.810. The molecule has 0 amide bonds. The Balaban J connectivity index is 3.02. The Kier molecular flexibility index (Phi) is 5.86.